The normalized spacial score (nSPS) is 18.1. The zero-order valence-electron chi connectivity index (χ0n) is 16.0. The van der Waals surface area contributed by atoms with Gasteiger partial charge in [0, 0.05) is 30.3 Å². The van der Waals surface area contributed by atoms with E-state index in [1.165, 1.54) is 6.07 Å². The predicted octanol–water partition coefficient (Wildman–Crippen LogP) is 4.98. The number of ether oxygens (including phenoxy) is 1. The van der Waals surface area contributed by atoms with Crippen molar-refractivity contribution >= 4 is 0 Å². The summed E-state index contributed by atoms with van der Waals surface area (Å²) in [5.74, 6) is 0.634. The summed E-state index contributed by atoms with van der Waals surface area (Å²) in [4.78, 5) is 9.91. The number of H-pyrrole nitrogens is 1. The number of rotatable bonds is 4. The van der Waals surface area contributed by atoms with Crippen molar-refractivity contribution in [3.63, 3.8) is 0 Å². The van der Waals surface area contributed by atoms with Crippen LogP contribution in [-0.4, -0.2) is 40.7 Å². The maximum Gasteiger partial charge on any atom is 0.416 e. The molecular weight excluding hydrogens is 379 g/mol. The minimum atomic E-state index is -4.37. The third kappa shape index (κ3) is 4.52. The van der Waals surface area contributed by atoms with Crippen LogP contribution in [-0.2, 0) is 17.5 Å². The SMILES string of the molecule is C[C@H]1COCCN1Cc1cccc(-c2ncc(-c3cccc(C(F)(F)F)c3)[nH]2)c1. The lowest BCUT2D eigenvalue weighted by molar-refractivity contribution is -0.137. The molecule has 152 valence electrons. The molecule has 2 aromatic carbocycles. The van der Waals surface area contributed by atoms with Gasteiger partial charge >= 0.3 is 6.18 Å². The molecule has 0 aliphatic carbocycles. The molecule has 0 spiro atoms. The second kappa shape index (κ2) is 8.00. The van der Waals surface area contributed by atoms with Gasteiger partial charge in [0.05, 0.1) is 30.7 Å². The largest absolute Gasteiger partial charge is 0.416 e. The predicted molar refractivity (Wildman–Crippen MR) is 105 cm³/mol. The first-order chi connectivity index (χ1) is 13.9. The van der Waals surface area contributed by atoms with Crippen LogP contribution in [0, 0.1) is 0 Å². The van der Waals surface area contributed by atoms with Gasteiger partial charge in [0.25, 0.3) is 0 Å². The van der Waals surface area contributed by atoms with E-state index >= 15 is 0 Å². The molecule has 0 unspecified atom stereocenters. The fourth-order valence-corrected chi connectivity index (χ4v) is 3.53. The summed E-state index contributed by atoms with van der Waals surface area (Å²) in [5, 5.41) is 0. The summed E-state index contributed by atoms with van der Waals surface area (Å²) in [6.45, 7) is 5.34. The van der Waals surface area contributed by atoms with E-state index < -0.39 is 11.7 Å². The molecule has 0 radical (unpaired) electrons. The number of morpholine rings is 1. The van der Waals surface area contributed by atoms with Crippen molar-refractivity contribution in [2.24, 2.45) is 0 Å². The highest BCUT2D eigenvalue weighted by molar-refractivity contribution is 5.65. The monoisotopic (exact) mass is 401 g/mol. The van der Waals surface area contributed by atoms with Crippen molar-refractivity contribution in [3.8, 4) is 22.6 Å². The van der Waals surface area contributed by atoms with E-state index in [1.54, 1.807) is 12.3 Å². The Labute approximate surface area is 167 Å². The second-order valence-electron chi connectivity index (χ2n) is 7.32. The van der Waals surface area contributed by atoms with Crippen molar-refractivity contribution < 1.29 is 17.9 Å². The molecule has 0 saturated carbocycles. The van der Waals surface area contributed by atoms with Crippen molar-refractivity contribution in [1.29, 1.82) is 0 Å². The van der Waals surface area contributed by atoms with Gasteiger partial charge in [0.15, 0.2) is 0 Å². The molecular formula is C22H22F3N3O. The third-order valence-corrected chi connectivity index (χ3v) is 5.17. The van der Waals surface area contributed by atoms with Crippen LogP contribution < -0.4 is 0 Å². The average Bonchev–Trinajstić information content (AvgIpc) is 3.20. The van der Waals surface area contributed by atoms with Crippen molar-refractivity contribution in [2.75, 3.05) is 19.8 Å². The Hall–Kier alpha value is -2.64. The first-order valence-electron chi connectivity index (χ1n) is 9.54. The summed E-state index contributed by atoms with van der Waals surface area (Å²) in [6.07, 6.45) is -2.80. The minimum Gasteiger partial charge on any atom is -0.379 e. The summed E-state index contributed by atoms with van der Waals surface area (Å²) in [5.41, 5.74) is 2.40. The summed E-state index contributed by atoms with van der Waals surface area (Å²) < 4.78 is 44.4. The standard InChI is InChI=1S/C22H22F3N3O/c1-15-14-29-9-8-28(15)13-16-4-2-6-18(10-16)21-26-12-20(27-21)17-5-3-7-19(11-17)22(23,24)25/h2-7,10-12,15H,8-9,13-14H2,1H3,(H,26,27)/t15-/m0/s1. The van der Waals surface area contributed by atoms with Crippen LogP contribution in [0.4, 0.5) is 13.2 Å². The summed E-state index contributed by atoms with van der Waals surface area (Å²) in [6, 6.07) is 13.7. The highest BCUT2D eigenvalue weighted by atomic mass is 19.4. The highest BCUT2D eigenvalue weighted by Crippen LogP contribution is 2.32. The molecule has 1 N–H and O–H groups in total. The number of nitrogens with zero attached hydrogens (tertiary/aromatic N) is 2. The minimum absolute atomic E-state index is 0.364. The molecule has 0 amide bonds. The molecule has 1 saturated heterocycles. The number of halogens is 3. The van der Waals surface area contributed by atoms with Gasteiger partial charge in [0.2, 0.25) is 0 Å². The van der Waals surface area contributed by atoms with Gasteiger partial charge < -0.3 is 9.72 Å². The molecule has 1 aromatic heterocycles. The molecule has 4 rings (SSSR count). The second-order valence-corrected chi connectivity index (χ2v) is 7.32. The molecule has 4 nitrogen and oxygen atoms in total. The quantitative estimate of drug-likeness (QED) is 0.670. The zero-order chi connectivity index (χ0) is 20.4. The molecule has 1 atom stereocenters. The Morgan fingerprint density at radius 2 is 1.93 bits per heavy atom. The number of benzene rings is 2. The van der Waals surface area contributed by atoms with Gasteiger partial charge in [-0.05, 0) is 30.7 Å². The number of alkyl halides is 3. The first kappa shape index (κ1) is 19.7. The van der Waals surface area contributed by atoms with E-state index in [4.69, 9.17) is 4.74 Å². The lowest BCUT2D eigenvalue weighted by Gasteiger charge is -2.33. The van der Waals surface area contributed by atoms with Crippen LogP contribution in [0.2, 0.25) is 0 Å². The highest BCUT2D eigenvalue weighted by Gasteiger charge is 2.30. The Morgan fingerprint density at radius 1 is 1.14 bits per heavy atom. The fraction of sp³-hybridized carbons (Fsp3) is 0.318. The average molecular weight is 401 g/mol. The number of imidazole rings is 1. The van der Waals surface area contributed by atoms with Gasteiger partial charge in [-0.2, -0.15) is 13.2 Å². The number of aromatic amines is 1. The molecule has 0 bridgehead atoms. The molecule has 7 heteroatoms. The Kier molecular flexibility index (Phi) is 5.43. The smallest absolute Gasteiger partial charge is 0.379 e. The van der Waals surface area contributed by atoms with Gasteiger partial charge in [-0.3, -0.25) is 4.90 Å². The number of hydrogen-bond donors (Lipinski definition) is 1. The third-order valence-electron chi connectivity index (χ3n) is 5.17. The number of nitrogens with one attached hydrogen (secondary N) is 1. The lowest BCUT2D eigenvalue weighted by Crippen LogP contribution is -2.42. The molecule has 1 aliphatic rings. The molecule has 3 aromatic rings. The van der Waals surface area contributed by atoms with Crippen LogP contribution in [0.1, 0.15) is 18.1 Å². The summed E-state index contributed by atoms with van der Waals surface area (Å²) >= 11 is 0. The topological polar surface area (TPSA) is 41.1 Å². The maximum atomic E-state index is 13.0. The van der Waals surface area contributed by atoms with E-state index in [0.29, 0.717) is 23.1 Å². The van der Waals surface area contributed by atoms with Crippen LogP contribution in [0.5, 0.6) is 0 Å². The van der Waals surface area contributed by atoms with Gasteiger partial charge in [-0.25, -0.2) is 4.98 Å². The molecule has 29 heavy (non-hydrogen) atoms. The van der Waals surface area contributed by atoms with Crippen molar-refractivity contribution in [1.82, 2.24) is 14.9 Å². The van der Waals surface area contributed by atoms with Crippen molar-refractivity contribution in [3.05, 3.63) is 65.9 Å². The van der Waals surface area contributed by atoms with Gasteiger partial charge in [-0.1, -0.05) is 30.3 Å². The Morgan fingerprint density at radius 3 is 2.72 bits per heavy atom. The van der Waals surface area contributed by atoms with E-state index in [2.05, 4.69) is 33.9 Å². The van der Waals surface area contributed by atoms with Gasteiger partial charge in [-0.15, -0.1) is 0 Å². The molecule has 1 fully saturated rings. The lowest BCUT2D eigenvalue weighted by atomic mass is 10.1. The van der Waals surface area contributed by atoms with E-state index in [-0.39, 0.29) is 0 Å². The van der Waals surface area contributed by atoms with E-state index in [1.807, 2.05) is 12.1 Å². The van der Waals surface area contributed by atoms with Crippen molar-refractivity contribution in [2.45, 2.75) is 25.7 Å². The molecule has 2 heterocycles. The van der Waals surface area contributed by atoms with E-state index in [9.17, 15) is 13.2 Å². The Bertz CT molecular complexity index is 983. The maximum absolute atomic E-state index is 13.0. The first-order valence-corrected chi connectivity index (χ1v) is 9.54. The zero-order valence-corrected chi connectivity index (χ0v) is 16.0. The van der Waals surface area contributed by atoms with Crippen LogP contribution in [0.25, 0.3) is 22.6 Å². The number of aromatic nitrogens is 2. The molecule has 1 aliphatic heterocycles. The van der Waals surface area contributed by atoms with Crippen LogP contribution in [0.15, 0.2) is 54.7 Å². The summed E-state index contributed by atoms with van der Waals surface area (Å²) in [7, 11) is 0. The van der Waals surface area contributed by atoms with Gasteiger partial charge in [0.1, 0.15) is 5.82 Å². The van der Waals surface area contributed by atoms with Crippen LogP contribution >= 0.6 is 0 Å². The Balaban J connectivity index is 1.55. The fourth-order valence-electron chi connectivity index (χ4n) is 3.53. The van der Waals surface area contributed by atoms with Crippen LogP contribution in [0.3, 0.4) is 0 Å². The number of hydrogen-bond acceptors (Lipinski definition) is 3. The van der Waals surface area contributed by atoms with E-state index in [0.717, 1.165) is 49.6 Å².